The second kappa shape index (κ2) is 7.78. The van der Waals surface area contributed by atoms with E-state index < -0.39 is 0 Å². The third-order valence-electron chi connectivity index (χ3n) is 6.19. The predicted molar refractivity (Wildman–Crippen MR) is 103 cm³/mol. The molecule has 0 aliphatic carbocycles. The van der Waals surface area contributed by atoms with Crippen molar-refractivity contribution in [3.63, 3.8) is 0 Å². The van der Waals surface area contributed by atoms with Crippen molar-refractivity contribution < 1.29 is 9.59 Å². The molecule has 1 N–H and O–H groups in total. The Kier molecular flexibility index (Phi) is 5.66. The summed E-state index contributed by atoms with van der Waals surface area (Å²) in [5, 5.41) is 3.10. The van der Waals surface area contributed by atoms with Crippen LogP contribution >= 0.6 is 0 Å². The molecule has 1 atom stereocenters. The first-order valence-electron chi connectivity index (χ1n) is 9.79. The van der Waals surface area contributed by atoms with E-state index in [2.05, 4.69) is 31.1 Å². The summed E-state index contributed by atoms with van der Waals surface area (Å²) < 4.78 is 0. The molecule has 2 amide bonds. The van der Waals surface area contributed by atoms with Gasteiger partial charge in [-0.15, -0.1) is 0 Å². The van der Waals surface area contributed by atoms with Gasteiger partial charge in [0, 0.05) is 49.6 Å². The highest BCUT2D eigenvalue weighted by Crippen LogP contribution is 2.44. The number of rotatable bonds is 6. The smallest absolute Gasteiger partial charge is 0.251 e. The van der Waals surface area contributed by atoms with E-state index in [0.717, 1.165) is 39.0 Å². The monoisotopic (exact) mass is 357 g/mol. The number of amides is 2. The first-order valence-corrected chi connectivity index (χ1v) is 9.79. The Labute approximate surface area is 156 Å². The summed E-state index contributed by atoms with van der Waals surface area (Å²) in [5.74, 6) is 0.843. The van der Waals surface area contributed by atoms with Gasteiger partial charge in [0.15, 0.2) is 0 Å². The minimum atomic E-state index is -0.0143. The van der Waals surface area contributed by atoms with Crippen molar-refractivity contribution in [1.82, 2.24) is 15.1 Å². The van der Waals surface area contributed by atoms with Gasteiger partial charge in [-0.2, -0.15) is 0 Å². The summed E-state index contributed by atoms with van der Waals surface area (Å²) in [7, 11) is 2.13. The highest BCUT2D eigenvalue weighted by Gasteiger charge is 2.54. The first kappa shape index (κ1) is 18.9. The van der Waals surface area contributed by atoms with E-state index in [4.69, 9.17) is 0 Å². The molecular weight excluding hydrogens is 326 g/mol. The number of benzene rings is 1. The minimum Gasteiger partial charge on any atom is -0.352 e. The molecule has 1 aromatic rings. The van der Waals surface area contributed by atoms with E-state index in [1.807, 2.05) is 35.2 Å². The zero-order valence-corrected chi connectivity index (χ0v) is 16.2. The summed E-state index contributed by atoms with van der Waals surface area (Å²) in [6, 6.07) is 9.36. The number of carbonyl (C=O) groups excluding carboxylic acids is 2. The summed E-state index contributed by atoms with van der Waals surface area (Å²) in [6.07, 6.45) is 1.82. The fourth-order valence-electron chi connectivity index (χ4n) is 4.61. The zero-order chi connectivity index (χ0) is 18.7. The van der Waals surface area contributed by atoms with Crippen LogP contribution in [-0.4, -0.2) is 61.4 Å². The molecular formula is C21H31N3O2. The van der Waals surface area contributed by atoms with Crippen molar-refractivity contribution in [2.45, 2.75) is 26.7 Å². The molecule has 2 saturated heterocycles. The normalized spacial score (nSPS) is 21.8. The Hall–Kier alpha value is -1.88. The Balaban J connectivity index is 1.58. The summed E-state index contributed by atoms with van der Waals surface area (Å²) in [6.45, 7) is 8.50. The van der Waals surface area contributed by atoms with Crippen LogP contribution in [0, 0.1) is 17.3 Å². The van der Waals surface area contributed by atoms with Gasteiger partial charge >= 0.3 is 0 Å². The third-order valence-corrected chi connectivity index (χ3v) is 6.19. The lowest BCUT2D eigenvalue weighted by Gasteiger charge is -2.52. The molecule has 5 nitrogen and oxygen atoms in total. The van der Waals surface area contributed by atoms with Crippen LogP contribution in [0.2, 0.25) is 0 Å². The van der Waals surface area contributed by atoms with Crippen molar-refractivity contribution in [3.05, 3.63) is 35.9 Å². The van der Waals surface area contributed by atoms with Crippen molar-refractivity contribution >= 4 is 11.8 Å². The van der Waals surface area contributed by atoms with Crippen molar-refractivity contribution in [1.29, 1.82) is 0 Å². The van der Waals surface area contributed by atoms with Crippen LogP contribution in [0.3, 0.4) is 0 Å². The maximum atomic E-state index is 12.6. The quantitative estimate of drug-likeness (QED) is 0.850. The molecule has 0 aromatic heterocycles. The number of carbonyl (C=O) groups is 2. The lowest BCUT2D eigenvalue weighted by atomic mass is 9.71. The van der Waals surface area contributed by atoms with Gasteiger partial charge in [0.2, 0.25) is 5.91 Å². The molecule has 2 aliphatic rings. The van der Waals surface area contributed by atoms with Crippen molar-refractivity contribution in [2.24, 2.45) is 17.3 Å². The first-order chi connectivity index (χ1) is 12.5. The summed E-state index contributed by atoms with van der Waals surface area (Å²) in [4.78, 5) is 29.3. The maximum absolute atomic E-state index is 12.6. The standard InChI is InChI=1S/C21H31N3O2/c1-4-16(5-2)20(26)24-14-21(15-24)13-23(3)12-18(21)11-22-19(25)17-9-7-6-8-10-17/h6-10,16,18H,4-5,11-15H2,1-3H3,(H,22,25). The SMILES string of the molecule is CCC(CC)C(=O)N1CC2(CN(C)CC2CNC(=O)c2ccccc2)C1. The number of likely N-dealkylation sites (tertiary alicyclic amines) is 2. The highest BCUT2D eigenvalue weighted by atomic mass is 16.2. The molecule has 5 heteroatoms. The van der Waals surface area contributed by atoms with Gasteiger partial charge in [-0.3, -0.25) is 9.59 Å². The van der Waals surface area contributed by atoms with Crippen LogP contribution in [0.15, 0.2) is 30.3 Å². The number of hydrogen-bond donors (Lipinski definition) is 1. The summed E-state index contributed by atoms with van der Waals surface area (Å²) >= 11 is 0. The van der Waals surface area contributed by atoms with E-state index in [-0.39, 0.29) is 17.2 Å². The maximum Gasteiger partial charge on any atom is 0.251 e. The van der Waals surface area contributed by atoms with E-state index in [9.17, 15) is 9.59 Å². The van der Waals surface area contributed by atoms with Crippen LogP contribution in [0.4, 0.5) is 0 Å². The zero-order valence-electron chi connectivity index (χ0n) is 16.2. The van der Waals surface area contributed by atoms with Gasteiger partial charge in [-0.1, -0.05) is 32.0 Å². The highest BCUT2D eigenvalue weighted by molar-refractivity contribution is 5.94. The fourth-order valence-corrected chi connectivity index (χ4v) is 4.61. The number of nitrogens with zero attached hydrogens (tertiary/aromatic N) is 2. The van der Waals surface area contributed by atoms with E-state index in [0.29, 0.717) is 23.9 Å². The van der Waals surface area contributed by atoms with Crippen molar-refractivity contribution in [3.8, 4) is 0 Å². The lowest BCUT2D eigenvalue weighted by molar-refractivity contribution is -0.149. The Morgan fingerprint density at radius 3 is 2.42 bits per heavy atom. The summed E-state index contributed by atoms with van der Waals surface area (Å²) in [5.41, 5.74) is 0.840. The molecule has 2 heterocycles. The number of hydrogen-bond acceptors (Lipinski definition) is 3. The minimum absolute atomic E-state index is 0.0143. The molecule has 3 rings (SSSR count). The molecule has 26 heavy (non-hydrogen) atoms. The van der Waals surface area contributed by atoms with Crippen LogP contribution in [0.1, 0.15) is 37.0 Å². The van der Waals surface area contributed by atoms with Crippen LogP contribution in [0.25, 0.3) is 0 Å². The van der Waals surface area contributed by atoms with Gasteiger partial charge in [0.25, 0.3) is 5.91 Å². The molecule has 142 valence electrons. The molecule has 0 bridgehead atoms. The molecule has 1 unspecified atom stereocenters. The molecule has 0 radical (unpaired) electrons. The Morgan fingerprint density at radius 2 is 1.81 bits per heavy atom. The molecule has 1 spiro atoms. The van der Waals surface area contributed by atoms with Gasteiger partial charge in [-0.05, 0) is 37.9 Å². The van der Waals surface area contributed by atoms with Crippen LogP contribution < -0.4 is 5.32 Å². The van der Waals surface area contributed by atoms with Crippen LogP contribution in [0.5, 0.6) is 0 Å². The molecule has 2 aliphatic heterocycles. The van der Waals surface area contributed by atoms with Gasteiger partial charge in [-0.25, -0.2) is 0 Å². The van der Waals surface area contributed by atoms with Gasteiger partial charge < -0.3 is 15.1 Å². The average Bonchev–Trinajstić information content (AvgIpc) is 2.96. The van der Waals surface area contributed by atoms with E-state index in [1.54, 1.807) is 0 Å². The average molecular weight is 357 g/mol. The lowest BCUT2D eigenvalue weighted by Crippen LogP contribution is -2.64. The molecule has 1 aromatic carbocycles. The van der Waals surface area contributed by atoms with Gasteiger partial charge in [0.05, 0.1) is 0 Å². The molecule has 0 saturated carbocycles. The Bertz CT molecular complexity index is 636. The van der Waals surface area contributed by atoms with Crippen molar-refractivity contribution in [2.75, 3.05) is 39.8 Å². The fraction of sp³-hybridized carbons (Fsp3) is 0.619. The van der Waals surface area contributed by atoms with E-state index >= 15 is 0 Å². The second-order valence-corrected chi connectivity index (χ2v) is 8.04. The predicted octanol–water partition coefficient (Wildman–Crippen LogP) is 2.24. The Morgan fingerprint density at radius 1 is 1.15 bits per heavy atom. The topological polar surface area (TPSA) is 52.7 Å². The number of nitrogens with one attached hydrogen (secondary N) is 1. The second-order valence-electron chi connectivity index (χ2n) is 8.04. The largest absolute Gasteiger partial charge is 0.352 e. The van der Waals surface area contributed by atoms with Gasteiger partial charge in [0.1, 0.15) is 0 Å². The van der Waals surface area contributed by atoms with Crippen LogP contribution in [-0.2, 0) is 4.79 Å². The van der Waals surface area contributed by atoms with E-state index in [1.165, 1.54) is 0 Å². The third kappa shape index (κ3) is 3.63. The molecule has 2 fully saturated rings.